The van der Waals surface area contributed by atoms with Crippen LogP contribution in [-0.4, -0.2) is 162 Å². The number of halogens is 8. The predicted octanol–water partition coefficient (Wildman–Crippen LogP) is 4.68. The summed E-state index contributed by atoms with van der Waals surface area (Å²) in [5.41, 5.74) is -3.73. The Hall–Kier alpha value is -7.28. The molecule has 19 nitrogen and oxygen atoms in total. The summed E-state index contributed by atoms with van der Waals surface area (Å²) in [5, 5.41) is 18.6. The van der Waals surface area contributed by atoms with E-state index < -0.39 is 108 Å². The van der Waals surface area contributed by atoms with Crippen LogP contribution in [0.5, 0.6) is 0 Å². The molecule has 6 rings (SSSR count). The van der Waals surface area contributed by atoms with Crippen molar-refractivity contribution in [2.45, 2.75) is 83.3 Å². The van der Waals surface area contributed by atoms with Gasteiger partial charge in [-0.1, -0.05) is 24.0 Å². The Kier molecular flexibility index (Phi) is 19.0. The van der Waals surface area contributed by atoms with Crippen LogP contribution in [0.25, 0.3) is 11.4 Å². The van der Waals surface area contributed by atoms with E-state index in [0.717, 1.165) is 65.7 Å². The number of aliphatic hydroxyl groups is 1. The molecule has 2 aliphatic rings. The van der Waals surface area contributed by atoms with E-state index in [1.165, 1.54) is 30.6 Å². The molecular formula is C50H57F8N11O8. The second-order valence-electron chi connectivity index (χ2n) is 19.2. The van der Waals surface area contributed by atoms with Crippen molar-refractivity contribution in [3.05, 3.63) is 101 Å². The maximum atomic E-state index is 16.0. The SMILES string of the molecule is COC(=O)NC(C(=O)NC(Cc1ccc(C#Cc2cnc(N3CCN(C4COC4)CC3)nc2)cc1)C(O)CN(Cc1c(F)cc(-c2ncccn2)cc1F)NC(=O)C(NC(=O)OC)C(C)(C)C(F)(F)F)C(C)(C)C(F)(F)F. The third-order valence-electron chi connectivity index (χ3n) is 13.2. The molecule has 4 heterocycles. The van der Waals surface area contributed by atoms with E-state index >= 15 is 8.78 Å². The number of benzene rings is 2. The second kappa shape index (κ2) is 24.8. The number of hydrogen-bond acceptors (Lipinski definition) is 15. The van der Waals surface area contributed by atoms with Crippen LogP contribution in [0.1, 0.15) is 49.9 Å². The topological polar surface area (TPSA) is 226 Å². The lowest BCUT2D eigenvalue weighted by atomic mass is 9.82. The van der Waals surface area contributed by atoms with Crippen LogP contribution in [0.15, 0.2) is 67.3 Å². The van der Waals surface area contributed by atoms with E-state index in [4.69, 9.17) is 4.74 Å². The van der Waals surface area contributed by atoms with Crippen LogP contribution in [0.3, 0.4) is 0 Å². The Morgan fingerprint density at radius 3 is 1.78 bits per heavy atom. The van der Waals surface area contributed by atoms with Gasteiger partial charge in [0.05, 0.1) is 62.0 Å². The van der Waals surface area contributed by atoms with Crippen LogP contribution in [0, 0.1) is 34.3 Å². The molecule has 0 aliphatic carbocycles. The van der Waals surface area contributed by atoms with Crippen LogP contribution in [0.4, 0.5) is 50.7 Å². The molecule has 2 aliphatic heterocycles. The third kappa shape index (κ3) is 14.8. The first-order valence-electron chi connectivity index (χ1n) is 23.8. The molecule has 2 saturated heterocycles. The molecule has 0 saturated carbocycles. The van der Waals surface area contributed by atoms with Crippen molar-refractivity contribution in [3.8, 4) is 23.2 Å². The molecule has 77 heavy (non-hydrogen) atoms. The number of aromatic nitrogens is 4. The summed E-state index contributed by atoms with van der Waals surface area (Å²) in [5.74, 6) is 0.669. The largest absolute Gasteiger partial charge is 0.453 e. The van der Waals surface area contributed by atoms with E-state index in [1.807, 2.05) is 10.6 Å². The van der Waals surface area contributed by atoms with Gasteiger partial charge in [-0.3, -0.25) is 19.9 Å². The first-order valence-corrected chi connectivity index (χ1v) is 23.8. The summed E-state index contributed by atoms with van der Waals surface area (Å²) in [7, 11) is 1.65. The van der Waals surface area contributed by atoms with E-state index in [9.17, 15) is 50.6 Å². The minimum Gasteiger partial charge on any atom is -0.453 e. The minimum atomic E-state index is -5.19. The highest BCUT2D eigenvalue weighted by molar-refractivity contribution is 5.87. The van der Waals surface area contributed by atoms with Crippen molar-refractivity contribution in [1.82, 2.24) is 51.2 Å². The standard InChI is InChI=1S/C50H57F8N11O8/c1-47(2,49(53,54)55)39(64-45(73)75-5)42(71)63-37(20-30-11-8-29(9-12-30)10-13-31-23-61-44(62-24-31)68-18-16-67(17-19-68)33-27-77-28-33)38(70)26-69(66-43(72)40(65-46(74)76-6)48(3,4)50(56,57)58)25-34-35(51)21-32(22-36(34)52)41-59-14-7-15-60-41/h7-9,11-12,14-15,21-24,33,37-40,70H,16-20,25-28H2,1-6H3,(H,63,71)(H,64,73)(H,65,74)(H,66,72). The number of ether oxygens (including phenoxy) is 3. The molecule has 5 N–H and O–H groups in total. The molecule has 2 aromatic heterocycles. The van der Waals surface area contributed by atoms with Crippen molar-refractivity contribution >= 4 is 29.9 Å². The van der Waals surface area contributed by atoms with E-state index in [-0.39, 0.29) is 11.4 Å². The molecule has 4 aromatic rings. The summed E-state index contributed by atoms with van der Waals surface area (Å²) < 4.78 is 133. The number of anilines is 1. The number of carbonyl (C=O) groups is 4. The van der Waals surface area contributed by atoms with E-state index in [1.54, 1.807) is 24.5 Å². The Balaban J connectivity index is 1.31. The summed E-state index contributed by atoms with van der Waals surface area (Å²) in [6, 6.07) is 2.94. The highest BCUT2D eigenvalue weighted by atomic mass is 19.4. The number of amides is 4. The van der Waals surface area contributed by atoms with Crippen LogP contribution < -0.4 is 26.3 Å². The maximum absolute atomic E-state index is 16.0. The number of piperazine rings is 1. The average Bonchev–Trinajstić information content (AvgIpc) is 3.38. The van der Waals surface area contributed by atoms with Gasteiger partial charge in [-0.05, 0) is 70.0 Å². The van der Waals surface area contributed by atoms with Crippen molar-refractivity contribution in [2.75, 3.05) is 65.1 Å². The zero-order valence-electron chi connectivity index (χ0n) is 42.6. The molecule has 27 heteroatoms. The van der Waals surface area contributed by atoms with Gasteiger partial charge < -0.3 is 40.2 Å². The summed E-state index contributed by atoms with van der Waals surface area (Å²) in [6.07, 6.45) is -10.1. The van der Waals surface area contributed by atoms with Gasteiger partial charge in [-0.15, -0.1) is 0 Å². The van der Waals surface area contributed by atoms with Crippen molar-refractivity contribution in [1.29, 1.82) is 0 Å². The Morgan fingerprint density at radius 1 is 0.766 bits per heavy atom. The van der Waals surface area contributed by atoms with Gasteiger partial charge in [0.1, 0.15) is 23.7 Å². The number of carbonyl (C=O) groups excluding carboxylic acids is 4. The number of hydrazine groups is 1. The normalized spacial score (nSPS) is 16.2. The van der Waals surface area contributed by atoms with Gasteiger partial charge >= 0.3 is 24.5 Å². The molecule has 0 spiro atoms. The quantitative estimate of drug-likeness (QED) is 0.0518. The Morgan fingerprint density at radius 2 is 1.29 bits per heavy atom. The van der Waals surface area contributed by atoms with Crippen LogP contribution >= 0.6 is 0 Å². The molecule has 4 atom stereocenters. The van der Waals surface area contributed by atoms with Gasteiger partial charge in [0.2, 0.25) is 11.9 Å². The lowest BCUT2D eigenvalue weighted by Crippen LogP contribution is -2.63. The Labute approximate surface area is 437 Å². The van der Waals surface area contributed by atoms with Gasteiger partial charge in [0.25, 0.3) is 5.91 Å². The number of nitrogens with zero attached hydrogens (tertiary/aromatic N) is 7. The molecule has 0 radical (unpaired) electrons. The molecule has 4 unspecified atom stereocenters. The third-order valence-corrected chi connectivity index (χ3v) is 13.2. The summed E-state index contributed by atoms with van der Waals surface area (Å²) in [6.45, 7) is 4.87. The number of methoxy groups -OCH3 is 2. The molecule has 2 aromatic carbocycles. The number of alkyl halides is 6. The monoisotopic (exact) mass is 1090 g/mol. The maximum Gasteiger partial charge on any atom is 0.407 e. The van der Waals surface area contributed by atoms with Crippen molar-refractivity contribution in [3.63, 3.8) is 0 Å². The van der Waals surface area contributed by atoms with Crippen LogP contribution in [-0.2, 0) is 36.8 Å². The lowest BCUT2D eigenvalue weighted by Gasteiger charge is -2.42. The van der Waals surface area contributed by atoms with Gasteiger partial charge in [0, 0.05) is 80.7 Å². The van der Waals surface area contributed by atoms with Crippen molar-refractivity contribution < 1.29 is 73.6 Å². The van der Waals surface area contributed by atoms with Gasteiger partial charge in [-0.2, -0.15) is 26.3 Å². The van der Waals surface area contributed by atoms with Gasteiger partial charge in [0.15, 0.2) is 5.82 Å². The van der Waals surface area contributed by atoms with E-state index in [0.29, 0.717) is 61.4 Å². The predicted molar refractivity (Wildman–Crippen MR) is 259 cm³/mol. The second-order valence-corrected chi connectivity index (χ2v) is 19.2. The zero-order chi connectivity index (χ0) is 56.5. The highest BCUT2D eigenvalue weighted by Gasteiger charge is 2.57. The number of nitrogens with one attached hydrogen (secondary N) is 4. The fourth-order valence-electron chi connectivity index (χ4n) is 8.02. The fraction of sp³-hybridized carbons (Fsp3) is 0.480. The smallest absolute Gasteiger partial charge is 0.407 e. The fourth-order valence-corrected chi connectivity index (χ4v) is 8.02. The molecule has 2 fully saturated rings. The lowest BCUT2D eigenvalue weighted by molar-refractivity contribution is -0.221. The summed E-state index contributed by atoms with van der Waals surface area (Å²) in [4.78, 5) is 74.1. The molecule has 0 bridgehead atoms. The first-order chi connectivity index (χ1) is 36.2. The minimum absolute atomic E-state index is 0.101. The van der Waals surface area contributed by atoms with Crippen molar-refractivity contribution in [2.24, 2.45) is 10.8 Å². The number of hydrogen-bond donors (Lipinski definition) is 5. The molecule has 416 valence electrons. The van der Waals surface area contributed by atoms with E-state index in [2.05, 4.69) is 61.8 Å². The number of alkyl carbamates (subject to hydrolysis) is 2. The number of aliphatic hydroxyl groups excluding tert-OH is 1. The zero-order valence-corrected chi connectivity index (χ0v) is 42.6. The molecule has 4 amide bonds. The average molecular weight is 1090 g/mol. The van der Waals surface area contributed by atoms with Gasteiger partial charge in [-0.25, -0.2) is 43.3 Å². The highest BCUT2D eigenvalue weighted by Crippen LogP contribution is 2.42. The number of rotatable bonds is 18. The molecular weight excluding hydrogens is 1030 g/mol. The Bertz CT molecular complexity index is 2730. The first kappa shape index (κ1) is 59.0. The van der Waals surface area contributed by atoms with Crippen LogP contribution in [0.2, 0.25) is 0 Å². The summed E-state index contributed by atoms with van der Waals surface area (Å²) >= 11 is 0.